The highest BCUT2D eigenvalue weighted by molar-refractivity contribution is 6.35. The summed E-state index contributed by atoms with van der Waals surface area (Å²) < 4.78 is 5.40. The molecule has 0 saturated carbocycles. The molecule has 1 spiro atoms. The summed E-state index contributed by atoms with van der Waals surface area (Å²) >= 11 is 6.58. The highest BCUT2D eigenvalue weighted by Gasteiger charge is 2.71. The smallest absolute Gasteiger partial charge is 0.187 e. The van der Waals surface area contributed by atoms with Gasteiger partial charge in [-0.3, -0.25) is 14.4 Å². The zero-order valence-corrected chi connectivity index (χ0v) is 22.3. The lowest BCUT2D eigenvalue weighted by Crippen LogP contribution is -2.48. The average molecular weight is 546 g/mol. The second kappa shape index (κ2) is 9.04. The fourth-order valence-electron chi connectivity index (χ4n) is 6.92. The van der Waals surface area contributed by atoms with Crippen molar-refractivity contribution in [3.63, 3.8) is 0 Å². The van der Waals surface area contributed by atoms with Gasteiger partial charge >= 0.3 is 0 Å². The molecule has 0 bridgehead atoms. The van der Waals surface area contributed by atoms with Gasteiger partial charge in [-0.1, -0.05) is 90.5 Å². The predicted octanol–water partition coefficient (Wildman–Crippen LogP) is 6.66. The van der Waals surface area contributed by atoms with Crippen molar-refractivity contribution in [2.24, 2.45) is 5.41 Å². The van der Waals surface area contributed by atoms with E-state index in [2.05, 4.69) is 0 Å². The number of benzene rings is 4. The van der Waals surface area contributed by atoms with E-state index in [1.54, 1.807) is 67.8 Å². The third-order valence-corrected chi connectivity index (χ3v) is 8.93. The molecule has 6 heteroatoms. The number of methoxy groups -OCH3 is 1. The zero-order valence-electron chi connectivity index (χ0n) is 21.6. The molecule has 0 amide bonds. The van der Waals surface area contributed by atoms with E-state index in [0.29, 0.717) is 33.0 Å². The van der Waals surface area contributed by atoms with Crippen LogP contribution in [0, 0.1) is 5.41 Å². The summed E-state index contributed by atoms with van der Waals surface area (Å²) in [6, 6.07) is 27.4. The Labute approximate surface area is 236 Å². The summed E-state index contributed by atoms with van der Waals surface area (Å²) in [5.74, 6) is -0.921. The molecule has 196 valence electrons. The van der Waals surface area contributed by atoms with E-state index in [1.165, 1.54) is 0 Å². The van der Waals surface area contributed by atoms with Gasteiger partial charge in [0.1, 0.15) is 17.2 Å². The normalized spacial score (nSPS) is 21.8. The maximum atomic E-state index is 14.7. The summed E-state index contributed by atoms with van der Waals surface area (Å²) in [5, 5.41) is 0.326. The number of hydrogen-bond donors (Lipinski definition) is 0. The number of halogens is 1. The van der Waals surface area contributed by atoms with Gasteiger partial charge in [0, 0.05) is 28.3 Å². The average Bonchev–Trinajstić information content (AvgIpc) is 3.43. The second-order valence-corrected chi connectivity index (χ2v) is 10.8. The topological polar surface area (TPSA) is 63.7 Å². The van der Waals surface area contributed by atoms with Crippen molar-refractivity contribution in [2.75, 3.05) is 12.0 Å². The molecule has 2 heterocycles. The Morgan fingerprint density at radius 1 is 0.825 bits per heavy atom. The number of ketones is 3. The number of rotatable bonds is 4. The molecular weight excluding hydrogens is 522 g/mol. The number of carbonyl (C=O) groups excluding carboxylic acids is 3. The Morgan fingerprint density at radius 2 is 1.45 bits per heavy atom. The minimum Gasteiger partial charge on any atom is -0.497 e. The van der Waals surface area contributed by atoms with Crippen molar-refractivity contribution in [1.82, 2.24) is 0 Å². The van der Waals surface area contributed by atoms with Crippen LogP contribution in [-0.4, -0.2) is 36.5 Å². The van der Waals surface area contributed by atoms with E-state index >= 15 is 0 Å². The Morgan fingerprint density at radius 3 is 2.12 bits per heavy atom. The molecule has 0 unspecified atom stereocenters. The van der Waals surface area contributed by atoms with Crippen molar-refractivity contribution in [1.29, 1.82) is 0 Å². The largest absolute Gasteiger partial charge is 0.497 e. The molecule has 4 aromatic carbocycles. The van der Waals surface area contributed by atoms with Gasteiger partial charge in [0.15, 0.2) is 17.3 Å². The van der Waals surface area contributed by atoms with Gasteiger partial charge in [-0.2, -0.15) is 0 Å². The van der Waals surface area contributed by atoms with Crippen LogP contribution in [0.2, 0.25) is 5.02 Å². The molecule has 4 aromatic rings. The zero-order chi connectivity index (χ0) is 27.6. The molecule has 0 N–H and O–H groups in total. The van der Waals surface area contributed by atoms with E-state index in [1.807, 2.05) is 53.5 Å². The molecular formula is C34H24ClNO4. The van der Waals surface area contributed by atoms with Crippen molar-refractivity contribution >= 4 is 40.7 Å². The maximum absolute atomic E-state index is 14.7. The fraction of sp³-hybridized carbons (Fsp3) is 0.147. The SMILES string of the molecule is COc1ccc([C@@H]2[C@H](C(=O)c3ccccc3Cl)N3c4ccccc4C=C[C@H]3C23C(=O)c2ccccc2C3=O)cc1. The van der Waals surface area contributed by atoms with E-state index < -0.39 is 23.4 Å². The number of nitrogens with zero attached hydrogens (tertiary/aromatic N) is 1. The van der Waals surface area contributed by atoms with E-state index in [0.717, 1.165) is 11.3 Å². The van der Waals surface area contributed by atoms with E-state index in [9.17, 15) is 14.4 Å². The van der Waals surface area contributed by atoms with Crippen LogP contribution in [0.1, 0.15) is 48.1 Å². The standard InChI is InChI=1S/C34H24ClNO4/c1-40-22-17-14-21(15-18-22)29-30(31(37)25-11-5-6-12-26(25)35)36-27-13-7-2-8-20(27)16-19-28(36)34(29)32(38)23-9-3-4-10-24(23)33(34)39/h2-19,28-30H,1H3/t28-,29+,30+/m0/s1. The molecule has 5 nitrogen and oxygen atoms in total. The molecule has 3 aliphatic rings. The van der Waals surface area contributed by atoms with Crippen LogP contribution in [0.25, 0.3) is 6.08 Å². The van der Waals surface area contributed by atoms with E-state index in [4.69, 9.17) is 16.3 Å². The van der Waals surface area contributed by atoms with Gasteiger partial charge in [0.2, 0.25) is 0 Å². The van der Waals surface area contributed by atoms with Crippen molar-refractivity contribution < 1.29 is 19.1 Å². The minimum absolute atomic E-state index is 0.241. The third kappa shape index (κ3) is 3.18. The molecule has 2 aliphatic heterocycles. The van der Waals surface area contributed by atoms with Crippen LogP contribution in [-0.2, 0) is 0 Å². The molecule has 1 aliphatic carbocycles. The van der Waals surface area contributed by atoms with Gasteiger partial charge in [-0.05, 0) is 41.5 Å². The van der Waals surface area contributed by atoms with Crippen molar-refractivity contribution in [3.8, 4) is 5.75 Å². The number of para-hydroxylation sites is 1. The van der Waals surface area contributed by atoms with Gasteiger partial charge in [-0.25, -0.2) is 0 Å². The van der Waals surface area contributed by atoms with Crippen LogP contribution >= 0.6 is 11.6 Å². The summed E-state index contributed by atoms with van der Waals surface area (Å²) in [5.41, 5.74) is 2.01. The minimum atomic E-state index is -1.55. The van der Waals surface area contributed by atoms with Crippen LogP contribution < -0.4 is 9.64 Å². The van der Waals surface area contributed by atoms with Crippen LogP contribution in [0.5, 0.6) is 5.75 Å². The number of fused-ring (bicyclic) bond motifs is 5. The lowest BCUT2D eigenvalue weighted by Gasteiger charge is -2.37. The Balaban J connectivity index is 1.55. The molecule has 1 fully saturated rings. The highest BCUT2D eigenvalue weighted by atomic mass is 35.5. The fourth-order valence-corrected chi connectivity index (χ4v) is 7.15. The molecule has 0 radical (unpaired) electrons. The van der Waals surface area contributed by atoms with Crippen LogP contribution in [0.3, 0.4) is 0 Å². The molecule has 40 heavy (non-hydrogen) atoms. The lowest BCUT2D eigenvalue weighted by molar-refractivity contribution is 0.0666. The maximum Gasteiger partial charge on any atom is 0.187 e. The van der Waals surface area contributed by atoms with Crippen LogP contribution in [0.15, 0.2) is 103 Å². The Kier molecular flexibility index (Phi) is 5.55. The van der Waals surface area contributed by atoms with Gasteiger partial charge in [-0.15, -0.1) is 0 Å². The molecule has 7 rings (SSSR count). The highest BCUT2D eigenvalue weighted by Crippen LogP contribution is 2.61. The lowest BCUT2D eigenvalue weighted by atomic mass is 9.64. The van der Waals surface area contributed by atoms with Gasteiger partial charge in [0.25, 0.3) is 0 Å². The Bertz CT molecular complexity index is 1710. The Hall–Kier alpha value is -4.48. The van der Waals surface area contributed by atoms with Gasteiger partial charge < -0.3 is 9.64 Å². The number of anilines is 1. The molecule has 0 aromatic heterocycles. The predicted molar refractivity (Wildman–Crippen MR) is 155 cm³/mol. The molecule has 3 atom stereocenters. The van der Waals surface area contributed by atoms with Crippen molar-refractivity contribution in [3.05, 3.63) is 136 Å². The first-order chi connectivity index (χ1) is 19.5. The summed E-state index contributed by atoms with van der Waals surface area (Å²) in [7, 11) is 1.58. The van der Waals surface area contributed by atoms with Crippen molar-refractivity contribution in [2.45, 2.75) is 18.0 Å². The van der Waals surface area contributed by atoms with E-state index in [-0.39, 0.29) is 17.3 Å². The summed E-state index contributed by atoms with van der Waals surface area (Å²) in [6.07, 6.45) is 3.87. The monoisotopic (exact) mass is 545 g/mol. The first-order valence-corrected chi connectivity index (χ1v) is 13.5. The van der Waals surface area contributed by atoms with Gasteiger partial charge in [0.05, 0.1) is 18.2 Å². The number of Topliss-reactive ketones (excluding diaryl/α,β-unsaturated/α-hetero) is 3. The third-order valence-electron chi connectivity index (χ3n) is 8.60. The molecule has 1 saturated heterocycles. The first kappa shape index (κ1) is 24.6. The summed E-state index contributed by atoms with van der Waals surface area (Å²) in [4.78, 5) is 45.9. The summed E-state index contributed by atoms with van der Waals surface area (Å²) in [6.45, 7) is 0. The number of carbonyl (C=O) groups is 3. The van der Waals surface area contributed by atoms with Crippen LogP contribution in [0.4, 0.5) is 5.69 Å². The first-order valence-electron chi connectivity index (χ1n) is 13.2. The number of hydrogen-bond acceptors (Lipinski definition) is 5. The second-order valence-electron chi connectivity index (χ2n) is 10.4. The number of ether oxygens (including phenoxy) is 1. The quantitative estimate of drug-likeness (QED) is 0.212.